The topological polar surface area (TPSA) is 27.7 Å². The molecular formula is C18H24O3. The number of ether oxygens (including phenoxy) is 3. The highest BCUT2D eigenvalue weighted by Gasteiger charge is 2.47. The lowest BCUT2D eigenvalue weighted by Gasteiger charge is -2.47. The van der Waals surface area contributed by atoms with Crippen LogP contribution in [0.3, 0.4) is 0 Å². The molecule has 0 saturated carbocycles. The first kappa shape index (κ1) is 14.8. The van der Waals surface area contributed by atoms with Gasteiger partial charge in [0, 0.05) is 12.7 Å². The molecule has 1 heterocycles. The first-order valence-electron chi connectivity index (χ1n) is 7.76. The van der Waals surface area contributed by atoms with E-state index in [0.29, 0.717) is 0 Å². The summed E-state index contributed by atoms with van der Waals surface area (Å²) >= 11 is 0. The van der Waals surface area contributed by atoms with Crippen LogP contribution in [0, 0.1) is 0 Å². The van der Waals surface area contributed by atoms with Crippen molar-refractivity contribution in [3.05, 3.63) is 47.5 Å². The van der Waals surface area contributed by atoms with Crippen molar-refractivity contribution in [2.24, 2.45) is 0 Å². The Labute approximate surface area is 126 Å². The maximum atomic E-state index is 6.23. The summed E-state index contributed by atoms with van der Waals surface area (Å²) in [4.78, 5) is 0. The second-order valence-corrected chi connectivity index (χ2v) is 6.09. The monoisotopic (exact) mass is 288 g/mol. The van der Waals surface area contributed by atoms with Crippen molar-refractivity contribution in [1.82, 2.24) is 0 Å². The van der Waals surface area contributed by atoms with Gasteiger partial charge >= 0.3 is 0 Å². The number of methoxy groups -OCH3 is 1. The van der Waals surface area contributed by atoms with Crippen molar-refractivity contribution in [3.8, 4) is 0 Å². The quantitative estimate of drug-likeness (QED) is 0.773. The predicted molar refractivity (Wildman–Crippen MR) is 81.9 cm³/mol. The highest BCUT2D eigenvalue weighted by atomic mass is 16.7. The molecule has 3 nitrogen and oxygen atoms in total. The SMILES string of the molecule is CCC1(OC)C=CC2(O[C@H](C)C[C@H](C)O2)c2ccccc21. The summed E-state index contributed by atoms with van der Waals surface area (Å²) in [6, 6.07) is 8.29. The zero-order valence-electron chi connectivity index (χ0n) is 13.3. The molecule has 114 valence electrons. The first-order chi connectivity index (χ1) is 10.1. The van der Waals surface area contributed by atoms with Crippen molar-refractivity contribution in [2.45, 2.75) is 57.2 Å². The number of benzene rings is 1. The molecule has 0 bridgehead atoms. The third-order valence-electron chi connectivity index (χ3n) is 4.64. The number of hydrogen-bond donors (Lipinski definition) is 0. The molecule has 2 aliphatic rings. The molecule has 1 fully saturated rings. The average Bonchev–Trinajstić information content (AvgIpc) is 2.48. The highest BCUT2D eigenvalue weighted by Crippen LogP contribution is 2.47. The largest absolute Gasteiger partial charge is 0.369 e. The molecule has 1 aliphatic heterocycles. The normalized spacial score (nSPS) is 38.5. The van der Waals surface area contributed by atoms with E-state index in [0.717, 1.165) is 24.0 Å². The van der Waals surface area contributed by atoms with Crippen LogP contribution in [0.4, 0.5) is 0 Å². The van der Waals surface area contributed by atoms with E-state index in [1.54, 1.807) is 7.11 Å². The van der Waals surface area contributed by atoms with Crippen LogP contribution < -0.4 is 0 Å². The molecular weight excluding hydrogens is 264 g/mol. The number of hydrogen-bond acceptors (Lipinski definition) is 3. The van der Waals surface area contributed by atoms with E-state index in [-0.39, 0.29) is 12.2 Å². The molecule has 0 radical (unpaired) electrons. The van der Waals surface area contributed by atoms with Crippen LogP contribution in [0.1, 0.15) is 44.7 Å². The van der Waals surface area contributed by atoms with Crippen LogP contribution >= 0.6 is 0 Å². The highest BCUT2D eigenvalue weighted by molar-refractivity contribution is 5.45. The van der Waals surface area contributed by atoms with Crippen LogP contribution in [-0.4, -0.2) is 19.3 Å². The summed E-state index contributed by atoms with van der Waals surface area (Å²) in [6.45, 7) is 6.35. The summed E-state index contributed by atoms with van der Waals surface area (Å²) in [5, 5.41) is 0. The van der Waals surface area contributed by atoms with Gasteiger partial charge < -0.3 is 14.2 Å². The molecule has 0 amide bonds. The van der Waals surface area contributed by atoms with E-state index in [9.17, 15) is 0 Å². The van der Waals surface area contributed by atoms with Crippen LogP contribution in [-0.2, 0) is 25.6 Å². The summed E-state index contributed by atoms with van der Waals surface area (Å²) in [6.07, 6.45) is 6.26. The summed E-state index contributed by atoms with van der Waals surface area (Å²) in [5.41, 5.74) is 1.81. The maximum absolute atomic E-state index is 6.23. The van der Waals surface area contributed by atoms with Gasteiger partial charge in [-0.15, -0.1) is 0 Å². The smallest absolute Gasteiger partial charge is 0.216 e. The van der Waals surface area contributed by atoms with Gasteiger partial charge in [-0.1, -0.05) is 31.2 Å². The van der Waals surface area contributed by atoms with Crippen molar-refractivity contribution in [1.29, 1.82) is 0 Å². The van der Waals surface area contributed by atoms with Gasteiger partial charge in [-0.2, -0.15) is 0 Å². The summed E-state index contributed by atoms with van der Waals surface area (Å²) < 4.78 is 18.3. The van der Waals surface area contributed by atoms with Gasteiger partial charge in [0.15, 0.2) is 0 Å². The molecule has 3 heteroatoms. The fourth-order valence-electron chi connectivity index (χ4n) is 3.61. The Balaban J connectivity index is 2.14. The van der Waals surface area contributed by atoms with Crippen molar-refractivity contribution < 1.29 is 14.2 Å². The van der Waals surface area contributed by atoms with Gasteiger partial charge in [0.2, 0.25) is 5.79 Å². The van der Waals surface area contributed by atoms with Gasteiger partial charge in [0.05, 0.1) is 12.2 Å². The van der Waals surface area contributed by atoms with Crippen molar-refractivity contribution in [3.63, 3.8) is 0 Å². The minimum absolute atomic E-state index is 0.170. The standard InChI is InChI=1S/C18H24O3/c1-5-17(19-4)10-11-18(16-9-7-6-8-15(16)17)20-13(2)12-14(3)21-18/h6-11,13-14H,5,12H2,1-4H3/t13-,14+,17?,18?. The number of fused-ring (bicyclic) bond motifs is 2. The Morgan fingerprint density at radius 3 is 2.29 bits per heavy atom. The molecule has 4 atom stereocenters. The zero-order valence-corrected chi connectivity index (χ0v) is 13.3. The molecule has 1 aromatic rings. The lowest BCUT2D eigenvalue weighted by molar-refractivity contribution is -0.296. The van der Waals surface area contributed by atoms with Crippen LogP contribution in [0.15, 0.2) is 36.4 Å². The fourth-order valence-corrected chi connectivity index (χ4v) is 3.61. The van der Waals surface area contributed by atoms with E-state index >= 15 is 0 Å². The number of rotatable bonds is 2. The third kappa shape index (κ3) is 2.24. The molecule has 1 aromatic carbocycles. The third-order valence-corrected chi connectivity index (χ3v) is 4.64. The van der Waals surface area contributed by atoms with E-state index in [1.807, 2.05) is 18.2 Å². The minimum atomic E-state index is -0.773. The van der Waals surface area contributed by atoms with Crippen LogP contribution in [0.5, 0.6) is 0 Å². The molecule has 0 aromatic heterocycles. The molecule has 1 saturated heterocycles. The average molecular weight is 288 g/mol. The second kappa shape index (κ2) is 5.24. The van der Waals surface area contributed by atoms with Crippen molar-refractivity contribution in [2.75, 3.05) is 7.11 Å². The van der Waals surface area contributed by atoms with E-state index in [2.05, 4.69) is 39.0 Å². The maximum Gasteiger partial charge on any atom is 0.216 e. The summed E-state index contributed by atoms with van der Waals surface area (Å²) in [7, 11) is 1.76. The lowest BCUT2D eigenvalue weighted by Crippen LogP contribution is -2.47. The van der Waals surface area contributed by atoms with Crippen LogP contribution in [0.25, 0.3) is 0 Å². The Bertz CT molecular complexity index is 535. The molecule has 2 unspecified atom stereocenters. The van der Waals surface area contributed by atoms with E-state index < -0.39 is 11.4 Å². The van der Waals surface area contributed by atoms with Gasteiger partial charge in [-0.05, 0) is 44.4 Å². The van der Waals surface area contributed by atoms with Crippen molar-refractivity contribution >= 4 is 0 Å². The van der Waals surface area contributed by atoms with Gasteiger partial charge in [-0.25, -0.2) is 0 Å². The predicted octanol–water partition coefficient (Wildman–Crippen LogP) is 3.87. The molecule has 1 aliphatic carbocycles. The van der Waals surface area contributed by atoms with Crippen LogP contribution in [0.2, 0.25) is 0 Å². The molecule has 3 rings (SSSR count). The Hall–Kier alpha value is -1.16. The van der Waals surface area contributed by atoms with Gasteiger partial charge in [0.1, 0.15) is 5.60 Å². The van der Waals surface area contributed by atoms with Gasteiger partial charge in [-0.3, -0.25) is 0 Å². The fraction of sp³-hybridized carbons (Fsp3) is 0.556. The van der Waals surface area contributed by atoms with Gasteiger partial charge in [0.25, 0.3) is 0 Å². The molecule has 0 N–H and O–H groups in total. The molecule has 21 heavy (non-hydrogen) atoms. The zero-order chi connectivity index (χ0) is 15.1. The first-order valence-corrected chi connectivity index (χ1v) is 7.76. The Kier molecular flexibility index (Phi) is 3.68. The lowest BCUT2D eigenvalue weighted by atomic mass is 9.79. The molecule has 1 spiro atoms. The second-order valence-electron chi connectivity index (χ2n) is 6.09. The van der Waals surface area contributed by atoms with E-state index in [4.69, 9.17) is 14.2 Å². The summed E-state index contributed by atoms with van der Waals surface area (Å²) in [5.74, 6) is -0.773. The Morgan fingerprint density at radius 2 is 1.71 bits per heavy atom. The van der Waals surface area contributed by atoms with E-state index in [1.165, 1.54) is 0 Å². The minimum Gasteiger partial charge on any atom is -0.369 e. The Morgan fingerprint density at radius 1 is 1.10 bits per heavy atom.